The third-order valence-corrected chi connectivity index (χ3v) is 8.62. The Morgan fingerprint density at radius 2 is 1.13 bits per heavy atom. The van der Waals surface area contributed by atoms with Gasteiger partial charge in [0.2, 0.25) is 0 Å². The van der Waals surface area contributed by atoms with Gasteiger partial charge in [0.05, 0.1) is 11.4 Å². The molecule has 0 saturated heterocycles. The molecule has 0 amide bonds. The minimum absolute atomic E-state index is 0.302. The average molecular weight is 623 g/mol. The van der Waals surface area contributed by atoms with E-state index in [9.17, 15) is 0 Å². The van der Waals surface area contributed by atoms with Gasteiger partial charge < -0.3 is 0 Å². The van der Waals surface area contributed by atoms with Gasteiger partial charge in [-0.2, -0.15) is 0 Å². The molecule has 0 saturated carbocycles. The summed E-state index contributed by atoms with van der Waals surface area (Å²) in [5.74, 6) is 2.85. The first-order chi connectivity index (χ1) is 22.7. The maximum Gasteiger partial charge on any atom is 0.162 e. The van der Waals surface area contributed by atoms with E-state index in [0.29, 0.717) is 23.7 Å². The smallest absolute Gasteiger partial charge is 0.162 e. The van der Waals surface area contributed by atoms with Crippen molar-refractivity contribution in [2.75, 3.05) is 5.01 Å². The highest BCUT2D eigenvalue weighted by molar-refractivity contribution is 6.25. The van der Waals surface area contributed by atoms with E-state index >= 15 is 0 Å². The Bertz CT molecular complexity index is 1750. The lowest BCUT2D eigenvalue weighted by Crippen LogP contribution is -2.46. The van der Waals surface area contributed by atoms with E-state index in [1.807, 2.05) is 0 Å². The molecule has 4 aromatic rings. The molecule has 242 valence electrons. The molecule has 0 radical (unpaired) electrons. The van der Waals surface area contributed by atoms with Crippen molar-refractivity contribution < 1.29 is 0 Å². The molecule has 4 nitrogen and oxygen atoms in total. The number of aliphatic imine (C=N–C) groups is 2. The van der Waals surface area contributed by atoms with Gasteiger partial charge >= 0.3 is 0 Å². The number of hydrogen-bond acceptors (Lipinski definition) is 2. The summed E-state index contributed by atoms with van der Waals surface area (Å²) in [4.78, 5) is 11.4. The third-order valence-electron chi connectivity index (χ3n) is 8.62. The van der Waals surface area contributed by atoms with Crippen LogP contribution in [-0.2, 0) is 0 Å². The van der Waals surface area contributed by atoms with Crippen LogP contribution >= 0.6 is 0 Å². The quantitative estimate of drug-likeness (QED) is 0.135. The van der Waals surface area contributed by atoms with E-state index in [1.54, 1.807) is 0 Å². The second kappa shape index (κ2) is 15.3. The topological polar surface area (TPSA) is 32.9 Å². The molecule has 0 bridgehead atoms. The average Bonchev–Trinajstić information content (AvgIpc) is 3.50. The lowest BCUT2D eigenvalue weighted by Gasteiger charge is -2.30. The first kappa shape index (κ1) is 33.7. The fourth-order valence-corrected chi connectivity index (χ4v) is 6.11. The van der Waals surface area contributed by atoms with Gasteiger partial charge in [-0.3, -0.25) is 4.68 Å². The molecule has 47 heavy (non-hydrogen) atoms. The maximum atomic E-state index is 5.73. The number of nitrogens with zero attached hydrogens (tertiary/aromatic N) is 4. The summed E-state index contributed by atoms with van der Waals surface area (Å²) in [6.45, 7) is 18.1. The van der Waals surface area contributed by atoms with Crippen LogP contribution < -0.4 is 5.01 Å². The van der Waals surface area contributed by atoms with Crippen molar-refractivity contribution in [1.29, 1.82) is 0 Å². The van der Waals surface area contributed by atoms with Crippen LogP contribution in [0.1, 0.15) is 95.9 Å². The van der Waals surface area contributed by atoms with Crippen molar-refractivity contribution in [3.63, 3.8) is 0 Å². The van der Waals surface area contributed by atoms with Crippen LogP contribution in [0.5, 0.6) is 0 Å². The summed E-state index contributed by atoms with van der Waals surface area (Å²) >= 11 is 0. The first-order valence-electron chi connectivity index (χ1n) is 17.1. The maximum absolute atomic E-state index is 5.73. The predicted molar refractivity (Wildman–Crippen MR) is 201 cm³/mol. The zero-order valence-electron chi connectivity index (χ0n) is 29.4. The SMILES string of the molecule is CC(C)C1=CCC=CC(C(C)C)=C1N=C(c1ccccc1)N(C(=Nc1c(C(C)C)cccc1C(C)C)c1ccccc1)n1cccc1. The molecule has 4 heteroatoms. The molecule has 1 aromatic heterocycles. The number of hydrogen-bond donors (Lipinski definition) is 0. The van der Waals surface area contributed by atoms with Crippen LogP contribution in [0.4, 0.5) is 5.69 Å². The number of benzene rings is 3. The summed E-state index contributed by atoms with van der Waals surface area (Å²) in [6.07, 6.45) is 11.9. The van der Waals surface area contributed by atoms with E-state index in [1.165, 1.54) is 22.3 Å². The minimum Gasteiger partial charge on any atom is -0.261 e. The van der Waals surface area contributed by atoms with Gasteiger partial charge in [-0.25, -0.2) is 15.0 Å². The molecule has 0 unspecified atom stereocenters. The fraction of sp³-hybridized carbons (Fsp3) is 0.302. The van der Waals surface area contributed by atoms with Gasteiger partial charge in [0.15, 0.2) is 11.7 Å². The Labute approximate surface area is 282 Å². The molecular formula is C43H50N4. The summed E-state index contributed by atoms with van der Waals surface area (Å²) in [6, 6.07) is 31.8. The molecule has 1 heterocycles. The highest BCUT2D eigenvalue weighted by Crippen LogP contribution is 2.36. The summed E-state index contributed by atoms with van der Waals surface area (Å²) in [5, 5.41) is 2.20. The van der Waals surface area contributed by atoms with Crippen molar-refractivity contribution in [2.45, 2.75) is 73.6 Å². The van der Waals surface area contributed by atoms with E-state index in [4.69, 9.17) is 9.98 Å². The van der Waals surface area contributed by atoms with Crippen molar-refractivity contribution in [2.24, 2.45) is 21.8 Å². The summed E-state index contributed by atoms with van der Waals surface area (Å²) in [5.41, 5.74) is 9.08. The van der Waals surface area contributed by atoms with Crippen molar-refractivity contribution in [3.05, 3.63) is 161 Å². The van der Waals surface area contributed by atoms with Crippen molar-refractivity contribution >= 4 is 17.4 Å². The second-order valence-electron chi connectivity index (χ2n) is 13.5. The van der Waals surface area contributed by atoms with E-state index in [2.05, 4.69) is 187 Å². The number of aromatic nitrogens is 1. The Morgan fingerprint density at radius 3 is 1.62 bits per heavy atom. The molecule has 0 fully saturated rings. The molecule has 0 atom stereocenters. The lowest BCUT2D eigenvalue weighted by molar-refractivity contribution is 0.740. The van der Waals surface area contributed by atoms with Gasteiger partial charge in [-0.05, 0) is 64.5 Å². The minimum atomic E-state index is 0.302. The second-order valence-corrected chi connectivity index (χ2v) is 13.5. The van der Waals surface area contributed by atoms with Gasteiger partial charge in [-0.15, -0.1) is 0 Å². The third kappa shape index (κ3) is 7.65. The largest absolute Gasteiger partial charge is 0.261 e. The molecule has 0 N–H and O–H groups in total. The zero-order valence-corrected chi connectivity index (χ0v) is 29.4. The summed E-state index contributed by atoms with van der Waals surface area (Å²) in [7, 11) is 0. The Kier molecular flexibility index (Phi) is 10.9. The van der Waals surface area contributed by atoms with Crippen LogP contribution in [0.25, 0.3) is 0 Å². The normalized spacial score (nSPS) is 14.4. The molecule has 1 aliphatic carbocycles. The summed E-state index contributed by atoms with van der Waals surface area (Å²) < 4.78 is 2.12. The molecular weight excluding hydrogens is 573 g/mol. The highest BCUT2D eigenvalue weighted by Gasteiger charge is 2.27. The molecule has 5 rings (SSSR count). The standard InChI is InChI=1S/C43H50N4/c1-30(2)36-24-15-16-25-37(31(3)4)40(36)44-42(34-20-11-9-12-21-34)47(46-28-17-18-29-46)43(35-22-13-10-14-23-35)45-41-38(32(5)6)26-19-27-39(41)33(7)8/h9-15,17-33H,16H2,1-8H3. The Morgan fingerprint density at radius 1 is 0.596 bits per heavy atom. The predicted octanol–water partition coefficient (Wildman–Crippen LogP) is 11.4. The van der Waals surface area contributed by atoms with Crippen LogP contribution in [0, 0.1) is 11.8 Å². The Hall–Kier alpha value is -4.70. The Balaban J connectivity index is 1.93. The van der Waals surface area contributed by atoms with Crippen molar-refractivity contribution in [1.82, 2.24) is 4.68 Å². The van der Waals surface area contributed by atoms with E-state index in [-0.39, 0.29) is 0 Å². The monoisotopic (exact) mass is 622 g/mol. The van der Waals surface area contributed by atoms with Gasteiger partial charge in [-0.1, -0.05) is 152 Å². The first-order valence-corrected chi connectivity index (χ1v) is 17.1. The van der Waals surface area contributed by atoms with Gasteiger partial charge in [0, 0.05) is 23.5 Å². The van der Waals surface area contributed by atoms with Crippen LogP contribution in [-0.4, -0.2) is 16.3 Å². The van der Waals surface area contributed by atoms with Gasteiger partial charge in [0.1, 0.15) is 0 Å². The molecule has 3 aromatic carbocycles. The molecule has 0 spiro atoms. The van der Waals surface area contributed by atoms with E-state index in [0.717, 1.165) is 40.6 Å². The van der Waals surface area contributed by atoms with Crippen LogP contribution in [0.2, 0.25) is 0 Å². The zero-order chi connectivity index (χ0) is 33.5. The number of amidine groups is 2. The van der Waals surface area contributed by atoms with E-state index < -0.39 is 0 Å². The fourth-order valence-electron chi connectivity index (χ4n) is 6.11. The lowest BCUT2D eigenvalue weighted by atomic mass is 9.92. The number of rotatable bonds is 9. The van der Waals surface area contributed by atoms with Gasteiger partial charge in [0.25, 0.3) is 0 Å². The van der Waals surface area contributed by atoms with Crippen molar-refractivity contribution in [3.8, 4) is 0 Å². The number of para-hydroxylation sites is 1. The van der Waals surface area contributed by atoms with Crippen LogP contribution in [0.15, 0.2) is 148 Å². The van der Waals surface area contributed by atoms with Crippen LogP contribution in [0.3, 0.4) is 0 Å². The molecule has 0 aliphatic heterocycles. The molecule has 1 aliphatic rings. The number of allylic oxidation sites excluding steroid dienone is 5. The highest BCUT2D eigenvalue weighted by atomic mass is 15.6.